The number of aromatic nitrogens is 1. The van der Waals surface area contributed by atoms with E-state index in [1.807, 2.05) is 21.4 Å². The highest BCUT2D eigenvalue weighted by molar-refractivity contribution is 7.09. The molecule has 3 aliphatic heterocycles. The summed E-state index contributed by atoms with van der Waals surface area (Å²) in [5.74, 6) is 0.395. The molecule has 1 aromatic rings. The SMILES string of the molecule is CCN1CC[C@]2(CN(C(C)=O)CC23CCN(Cc2nccs2)CC3)C1=O. The maximum Gasteiger partial charge on any atom is 0.231 e. The van der Waals surface area contributed by atoms with Crippen LogP contribution in [0.25, 0.3) is 0 Å². The Kier molecular flexibility index (Phi) is 4.55. The number of hydrogen-bond acceptors (Lipinski definition) is 5. The first-order chi connectivity index (χ1) is 12.5. The van der Waals surface area contributed by atoms with E-state index in [0.717, 1.165) is 63.5 Å². The zero-order valence-electron chi connectivity index (χ0n) is 15.7. The van der Waals surface area contributed by atoms with Crippen LogP contribution >= 0.6 is 11.3 Å². The molecule has 4 rings (SSSR count). The molecule has 6 nitrogen and oxygen atoms in total. The molecule has 0 radical (unpaired) electrons. The van der Waals surface area contributed by atoms with Crippen LogP contribution in [0.5, 0.6) is 0 Å². The Morgan fingerprint density at radius 2 is 2.00 bits per heavy atom. The van der Waals surface area contributed by atoms with Crippen LogP contribution in [0.1, 0.15) is 38.1 Å². The molecule has 4 heterocycles. The summed E-state index contributed by atoms with van der Waals surface area (Å²) >= 11 is 1.70. The molecule has 7 heteroatoms. The van der Waals surface area contributed by atoms with Crippen molar-refractivity contribution < 1.29 is 9.59 Å². The van der Waals surface area contributed by atoms with Gasteiger partial charge < -0.3 is 9.80 Å². The average molecular weight is 377 g/mol. The maximum absolute atomic E-state index is 13.3. The number of fused-ring (bicyclic) bond motifs is 1. The monoisotopic (exact) mass is 376 g/mol. The van der Waals surface area contributed by atoms with Gasteiger partial charge in [-0.05, 0) is 39.3 Å². The number of carbonyl (C=O) groups is 2. The third kappa shape index (κ3) is 2.67. The lowest BCUT2D eigenvalue weighted by Gasteiger charge is -2.46. The lowest BCUT2D eigenvalue weighted by atomic mass is 9.60. The zero-order chi connectivity index (χ0) is 18.4. The van der Waals surface area contributed by atoms with Gasteiger partial charge in [0.15, 0.2) is 0 Å². The highest BCUT2D eigenvalue weighted by atomic mass is 32.1. The number of thiazole rings is 1. The number of hydrogen-bond donors (Lipinski definition) is 0. The summed E-state index contributed by atoms with van der Waals surface area (Å²) < 4.78 is 0. The number of rotatable bonds is 3. The van der Waals surface area contributed by atoms with E-state index in [1.165, 1.54) is 0 Å². The molecule has 2 amide bonds. The van der Waals surface area contributed by atoms with Crippen LogP contribution in [-0.2, 0) is 16.1 Å². The molecule has 2 spiro atoms. The van der Waals surface area contributed by atoms with Crippen LogP contribution in [0.15, 0.2) is 11.6 Å². The Bertz CT molecular complexity index is 684. The fourth-order valence-electron chi connectivity index (χ4n) is 5.36. The molecule has 0 unspecified atom stereocenters. The number of amides is 2. The molecule has 0 aromatic carbocycles. The fourth-order valence-corrected chi connectivity index (χ4v) is 6.02. The molecule has 0 N–H and O–H groups in total. The third-order valence-electron chi connectivity index (χ3n) is 6.96. The van der Waals surface area contributed by atoms with E-state index in [4.69, 9.17) is 0 Å². The highest BCUT2D eigenvalue weighted by Gasteiger charge is 2.65. The van der Waals surface area contributed by atoms with Gasteiger partial charge >= 0.3 is 0 Å². The van der Waals surface area contributed by atoms with Crippen molar-refractivity contribution in [3.8, 4) is 0 Å². The Labute approximate surface area is 159 Å². The summed E-state index contributed by atoms with van der Waals surface area (Å²) in [6, 6.07) is 0. The van der Waals surface area contributed by atoms with E-state index in [9.17, 15) is 9.59 Å². The van der Waals surface area contributed by atoms with Crippen LogP contribution in [0.2, 0.25) is 0 Å². The molecular weight excluding hydrogens is 348 g/mol. The number of likely N-dealkylation sites (tertiary alicyclic amines) is 3. The molecular formula is C19H28N4O2S. The van der Waals surface area contributed by atoms with E-state index in [-0.39, 0.29) is 22.6 Å². The van der Waals surface area contributed by atoms with Crippen molar-refractivity contribution in [2.24, 2.45) is 10.8 Å². The second-order valence-electron chi connectivity index (χ2n) is 8.07. The third-order valence-corrected chi connectivity index (χ3v) is 7.72. The summed E-state index contributed by atoms with van der Waals surface area (Å²) in [7, 11) is 0. The molecule has 0 saturated carbocycles. The van der Waals surface area contributed by atoms with E-state index < -0.39 is 0 Å². The second kappa shape index (κ2) is 6.60. The topological polar surface area (TPSA) is 56.8 Å². The lowest BCUT2D eigenvalue weighted by molar-refractivity contribution is -0.142. The first-order valence-electron chi connectivity index (χ1n) is 9.65. The van der Waals surface area contributed by atoms with Crippen molar-refractivity contribution in [3.05, 3.63) is 16.6 Å². The van der Waals surface area contributed by atoms with Gasteiger partial charge in [0.1, 0.15) is 5.01 Å². The Morgan fingerprint density at radius 3 is 2.58 bits per heavy atom. The van der Waals surface area contributed by atoms with Crippen LogP contribution in [-0.4, -0.2) is 70.8 Å². The molecule has 1 atom stereocenters. The van der Waals surface area contributed by atoms with Crippen LogP contribution < -0.4 is 0 Å². The van der Waals surface area contributed by atoms with Crippen molar-refractivity contribution in [1.29, 1.82) is 0 Å². The Hall–Kier alpha value is -1.47. The van der Waals surface area contributed by atoms with Crippen molar-refractivity contribution in [3.63, 3.8) is 0 Å². The summed E-state index contributed by atoms with van der Waals surface area (Å²) in [6.07, 6.45) is 4.74. The lowest BCUT2D eigenvalue weighted by Crippen LogP contribution is -2.52. The van der Waals surface area contributed by atoms with Gasteiger partial charge in [-0.15, -0.1) is 11.3 Å². The average Bonchev–Trinajstić information content (AvgIpc) is 3.32. The van der Waals surface area contributed by atoms with E-state index in [0.29, 0.717) is 6.54 Å². The standard InChI is InChI=1S/C19H28N4O2S/c1-3-22-10-6-19(17(22)25)14-23(15(2)24)13-18(19)4-8-21(9-5-18)12-16-20-7-11-26-16/h7,11H,3-6,8-10,12-14H2,1-2H3/t19-/m0/s1. The number of piperidine rings is 1. The van der Waals surface area contributed by atoms with E-state index >= 15 is 0 Å². The van der Waals surface area contributed by atoms with E-state index in [1.54, 1.807) is 18.3 Å². The Balaban J connectivity index is 1.55. The second-order valence-corrected chi connectivity index (χ2v) is 9.05. The predicted octanol–water partition coefficient (Wildman–Crippen LogP) is 1.83. The summed E-state index contributed by atoms with van der Waals surface area (Å²) in [6.45, 7) is 9.52. The maximum atomic E-state index is 13.3. The van der Waals surface area contributed by atoms with Crippen LogP contribution in [0.3, 0.4) is 0 Å². The van der Waals surface area contributed by atoms with Gasteiger partial charge in [-0.2, -0.15) is 0 Å². The van der Waals surface area contributed by atoms with Gasteiger partial charge in [0.05, 0.1) is 12.0 Å². The molecule has 1 aromatic heterocycles. The van der Waals surface area contributed by atoms with Gasteiger partial charge in [0.2, 0.25) is 11.8 Å². The number of carbonyl (C=O) groups excluding carboxylic acids is 2. The van der Waals surface area contributed by atoms with Gasteiger partial charge in [0.25, 0.3) is 0 Å². The van der Waals surface area contributed by atoms with Gasteiger partial charge in [0, 0.05) is 50.1 Å². The van der Waals surface area contributed by atoms with Crippen molar-refractivity contribution in [2.75, 3.05) is 39.3 Å². The largest absolute Gasteiger partial charge is 0.342 e. The summed E-state index contributed by atoms with van der Waals surface area (Å²) in [4.78, 5) is 36.2. The van der Waals surface area contributed by atoms with Crippen molar-refractivity contribution in [2.45, 2.75) is 39.7 Å². The fraction of sp³-hybridized carbons (Fsp3) is 0.737. The first-order valence-corrected chi connectivity index (χ1v) is 10.5. The minimum atomic E-state index is -0.359. The van der Waals surface area contributed by atoms with Gasteiger partial charge in [-0.1, -0.05) is 0 Å². The summed E-state index contributed by atoms with van der Waals surface area (Å²) in [5, 5.41) is 3.18. The highest BCUT2D eigenvalue weighted by Crippen LogP contribution is 2.57. The molecule has 3 saturated heterocycles. The number of nitrogens with zero attached hydrogens (tertiary/aromatic N) is 4. The predicted molar refractivity (Wildman–Crippen MR) is 101 cm³/mol. The molecule has 0 aliphatic carbocycles. The normalized spacial score (nSPS) is 28.6. The summed E-state index contributed by atoms with van der Waals surface area (Å²) in [5.41, 5.74) is -0.416. The first kappa shape index (κ1) is 17.9. The zero-order valence-corrected chi connectivity index (χ0v) is 16.6. The van der Waals surface area contributed by atoms with Gasteiger partial charge in [-0.3, -0.25) is 14.5 Å². The molecule has 3 fully saturated rings. The molecule has 0 bridgehead atoms. The van der Waals surface area contributed by atoms with Crippen LogP contribution in [0.4, 0.5) is 0 Å². The van der Waals surface area contributed by atoms with Crippen molar-refractivity contribution >= 4 is 23.2 Å². The molecule has 3 aliphatic rings. The minimum Gasteiger partial charge on any atom is -0.342 e. The van der Waals surface area contributed by atoms with Crippen molar-refractivity contribution in [1.82, 2.24) is 19.7 Å². The van der Waals surface area contributed by atoms with Crippen LogP contribution in [0, 0.1) is 10.8 Å². The molecule has 142 valence electrons. The minimum absolute atomic E-state index is 0.0565. The molecule has 26 heavy (non-hydrogen) atoms. The van der Waals surface area contributed by atoms with E-state index in [2.05, 4.69) is 16.8 Å². The smallest absolute Gasteiger partial charge is 0.231 e. The van der Waals surface area contributed by atoms with Gasteiger partial charge in [-0.25, -0.2) is 4.98 Å². The quantitative estimate of drug-likeness (QED) is 0.808. The Morgan fingerprint density at radius 1 is 1.23 bits per heavy atom.